The van der Waals surface area contributed by atoms with Crippen LogP contribution in [0.4, 0.5) is 0 Å². The van der Waals surface area contributed by atoms with Crippen LogP contribution in [0.5, 0.6) is 0 Å². The minimum atomic E-state index is 0.143. The van der Waals surface area contributed by atoms with E-state index < -0.39 is 0 Å². The molecule has 1 rings (SSSR count). The summed E-state index contributed by atoms with van der Waals surface area (Å²) in [6.45, 7) is 6.42. The smallest absolute Gasteiger partial charge is 0.141 e. The van der Waals surface area contributed by atoms with Gasteiger partial charge in [-0.05, 0) is 6.42 Å². The van der Waals surface area contributed by atoms with Gasteiger partial charge in [-0.15, -0.1) is 10.2 Å². The number of nitrogens with zero attached hydrogens (tertiary/aromatic N) is 4. The molecule has 0 aliphatic heterocycles. The molecule has 4 heteroatoms. The largest absolute Gasteiger partial charge is 0.208 e. The van der Waals surface area contributed by atoms with Crippen molar-refractivity contribution in [1.29, 1.82) is 0 Å². The van der Waals surface area contributed by atoms with Gasteiger partial charge in [-0.3, -0.25) is 0 Å². The fourth-order valence-electron chi connectivity index (χ4n) is 0.569. The lowest BCUT2D eigenvalue weighted by Gasteiger charge is -2.14. The highest BCUT2D eigenvalue weighted by molar-refractivity contribution is 5.64. The monoisotopic (exact) mass is 166 g/mol. The first-order chi connectivity index (χ1) is 5.64. The Labute approximate surface area is 72.3 Å². The first kappa shape index (κ1) is 8.90. The van der Waals surface area contributed by atoms with E-state index in [1.807, 2.05) is 6.21 Å². The van der Waals surface area contributed by atoms with Gasteiger partial charge in [0.1, 0.15) is 12.7 Å². The van der Waals surface area contributed by atoms with Gasteiger partial charge in [-0.25, -0.2) is 4.68 Å². The van der Waals surface area contributed by atoms with Gasteiger partial charge < -0.3 is 0 Å². The zero-order valence-corrected chi connectivity index (χ0v) is 7.73. The zero-order chi connectivity index (χ0) is 9.03. The molecular weight excluding hydrogens is 152 g/mol. The lowest BCUT2D eigenvalue weighted by molar-refractivity contribution is 0.511. The average Bonchev–Trinajstić information content (AvgIpc) is 2.53. The van der Waals surface area contributed by atoms with Crippen molar-refractivity contribution in [1.82, 2.24) is 14.9 Å². The summed E-state index contributed by atoms with van der Waals surface area (Å²) in [4.78, 5) is 0. The number of hydrogen-bond acceptors (Lipinski definition) is 3. The van der Waals surface area contributed by atoms with E-state index in [-0.39, 0.29) is 5.41 Å². The summed E-state index contributed by atoms with van der Waals surface area (Å²) in [6.07, 6.45) is 6.12. The summed E-state index contributed by atoms with van der Waals surface area (Å²) in [5, 5.41) is 11.5. The Morgan fingerprint density at radius 1 is 1.42 bits per heavy atom. The van der Waals surface area contributed by atoms with Gasteiger partial charge in [-0.2, -0.15) is 5.10 Å². The minimum absolute atomic E-state index is 0.143. The first-order valence-electron chi connectivity index (χ1n) is 4.04. The average molecular weight is 166 g/mol. The van der Waals surface area contributed by atoms with Crippen molar-refractivity contribution in [3.05, 3.63) is 12.7 Å². The Balaban J connectivity index is 2.62. The molecule has 0 N–H and O–H groups in total. The molecule has 0 saturated heterocycles. The van der Waals surface area contributed by atoms with E-state index in [2.05, 4.69) is 36.1 Å². The number of rotatable bonds is 3. The van der Waals surface area contributed by atoms with Gasteiger partial charge in [0.2, 0.25) is 0 Å². The van der Waals surface area contributed by atoms with Crippen LogP contribution in [0.15, 0.2) is 17.8 Å². The van der Waals surface area contributed by atoms with Gasteiger partial charge in [-0.1, -0.05) is 20.8 Å². The third kappa shape index (κ3) is 2.45. The van der Waals surface area contributed by atoms with E-state index in [4.69, 9.17) is 0 Å². The van der Waals surface area contributed by atoms with Crippen LogP contribution in [0.1, 0.15) is 27.2 Å². The fraction of sp³-hybridized carbons (Fsp3) is 0.625. The van der Waals surface area contributed by atoms with Crippen LogP contribution in [-0.4, -0.2) is 21.1 Å². The van der Waals surface area contributed by atoms with Crippen LogP contribution in [0.25, 0.3) is 0 Å². The maximum Gasteiger partial charge on any atom is 0.141 e. The van der Waals surface area contributed by atoms with Gasteiger partial charge >= 0.3 is 0 Å². The van der Waals surface area contributed by atoms with Crippen molar-refractivity contribution in [2.75, 3.05) is 0 Å². The quantitative estimate of drug-likeness (QED) is 0.639. The molecule has 0 aliphatic rings. The highest BCUT2D eigenvalue weighted by Crippen LogP contribution is 2.15. The normalized spacial score (nSPS) is 12.6. The molecule has 12 heavy (non-hydrogen) atoms. The van der Waals surface area contributed by atoms with Crippen LogP contribution in [0.3, 0.4) is 0 Å². The molecule has 0 amide bonds. The van der Waals surface area contributed by atoms with Crippen LogP contribution < -0.4 is 0 Å². The van der Waals surface area contributed by atoms with Crippen molar-refractivity contribution in [3.63, 3.8) is 0 Å². The summed E-state index contributed by atoms with van der Waals surface area (Å²) in [7, 11) is 0. The summed E-state index contributed by atoms with van der Waals surface area (Å²) < 4.78 is 1.59. The SMILES string of the molecule is CCC(C)(C)/C=N/n1cnnc1. The summed E-state index contributed by atoms with van der Waals surface area (Å²) in [6, 6.07) is 0. The lowest BCUT2D eigenvalue weighted by atomic mass is 9.92. The Kier molecular flexibility index (Phi) is 2.58. The second-order valence-corrected chi connectivity index (χ2v) is 3.43. The molecule has 0 fully saturated rings. The van der Waals surface area contributed by atoms with E-state index in [0.717, 1.165) is 6.42 Å². The maximum atomic E-state index is 4.18. The van der Waals surface area contributed by atoms with Gasteiger partial charge in [0.25, 0.3) is 0 Å². The Morgan fingerprint density at radius 2 is 2.00 bits per heavy atom. The molecule has 0 saturated carbocycles. The molecule has 0 radical (unpaired) electrons. The van der Waals surface area contributed by atoms with Crippen molar-refractivity contribution in [2.45, 2.75) is 27.2 Å². The fourth-order valence-corrected chi connectivity index (χ4v) is 0.569. The number of hydrogen-bond donors (Lipinski definition) is 0. The van der Waals surface area contributed by atoms with E-state index >= 15 is 0 Å². The Morgan fingerprint density at radius 3 is 2.50 bits per heavy atom. The molecule has 0 atom stereocenters. The topological polar surface area (TPSA) is 43.1 Å². The third-order valence-electron chi connectivity index (χ3n) is 1.86. The van der Waals surface area contributed by atoms with Crippen molar-refractivity contribution >= 4 is 6.21 Å². The summed E-state index contributed by atoms with van der Waals surface area (Å²) in [5.74, 6) is 0. The second-order valence-electron chi connectivity index (χ2n) is 3.43. The zero-order valence-electron chi connectivity index (χ0n) is 7.73. The van der Waals surface area contributed by atoms with Crippen molar-refractivity contribution < 1.29 is 0 Å². The third-order valence-corrected chi connectivity index (χ3v) is 1.86. The molecule has 0 unspecified atom stereocenters. The molecule has 1 aromatic rings. The maximum absolute atomic E-state index is 4.18. The molecule has 1 heterocycles. The number of aromatic nitrogens is 3. The molecule has 4 nitrogen and oxygen atoms in total. The Hall–Kier alpha value is -1.19. The van der Waals surface area contributed by atoms with Crippen LogP contribution >= 0.6 is 0 Å². The van der Waals surface area contributed by atoms with Gasteiger partial charge in [0.15, 0.2) is 0 Å². The molecule has 1 aromatic heterocycles. The van der Waals surface area contributed by atoms with Crippen LogP contribution in [-0.2, 0) is 0 Å². The van der Waals surface area contributed by atoms with Crippen molar-refractivity contribution in [2.24, 2.45) is 10.5 Å². The van der Waals surface area contributed by atoms with Crippen LogP contribution in [0.2, 0.25) is 0 Å². The predicted molar refractivity (Wildman–Crippen MR) is 48.0 cm³/mol. The lowest BCUT2D eigenvalue weighted by Crippen LogP contribution is -2.11. The predicted octanol–water partition coefficient (Wildman–Crippen LogP) is 1.55. The Bertz CT molecular complexity index is 248. The molecule has 0 bridgehead atoms. The highest BCUT2D eigenvalue weighted by atomic mass is 15.4. The van der Waals surface area contributed by atoms with E-state index in [1.165, 1.54) is 0 Å². The summed E-state index contributed by atoms with van der Waals surface area (Å²) in [5.41, 5.74) is 0.143. The summed E-state index contributed by atoms with van der Waals surface area (Å²) >= 11 is 0. The van der Waals surface area contributed by atoms with E-state index in [0.29, 0.717) is 0 Å². The first-order valence-corrected chi connectivity index (χ1v) is 4.04. The molecular formula is C8H14N4. The molecule has 66 valence electrons. The molecule has 0 aromatic carbocycles. The van der Waals surface area contributed by atoms with Gasteiger partial charge in [0, 0.05) is 11.6 Å². The van der Waals surface area contributed by atoms with E-state index in [1.54, 1.807) is 17.3 Å². The highest BCUT2D eigenvalue weighted by Gasteiger charge is 2.10. The van der Waals surface area contributed by atoms with Crippen LogP contribution in [0, 0.1) is 5.41 Å². The van der Waals surface area contributed by atoms with E-state index in [9.17, 15) is 0 Å². The standard InChI is InChI=1S/C8H14N4/c1-4-8(2,3)5-11-12-6-9-10-7-12/h5-7H,4H2,1-3H3/b11-5+. The molecule has 0 spiro atoms. The van der Waals surface area contributed by atoms with Crippen molar-refractivity contribution in [3.8, 4) is 0 Å². The van der Waals surface area contributed by atoms with Gasteiger partial charge in [0.05, 0.1) is 0 Å². The minimum Gasteiger partial charge on any atom is -0.208 e. The second kappa shape index (κ2) is 3.47. The molecule has 0 aliphatic carbocycles.